The number of phenolic OH excluding ortho intramolecular Hbond substituents is 1. The molecule has 4 nitrogen and oxygen atoms in total. The van der Waals surface area contributed by atoms with Crippen molar-refractivity contribution in [1.82, 2.24) is 0 Å². The summed E-state index contributed by atoms with van der Waals surface area (Å²) in [6, 6.07) is 4.74. The molecule has 84 valence electrons. The van der Waals surface area contributed by atoms with Crippen LogP contribution in [0.15, 0.2) is 37.1 Å². The van der Waals surface area contributed by atoms with Gasteiger partial charge in [0.15, 0.2) is 11.5 Å². The van der Waals surface area contributed by atoms with Crippen molar-refractivity contribution in [3.05, 3.63) is 42.7 Å². The fourth-order valence-electron chi connectivity index (χ4n) is 1.08. The predicted octanol–water partition coefficient (Wildman–Crippen LogP) is 2.10. The summed E-state index contributed by atoms with van der Waals surface area (Å²) in [5, 5.41) is 9.34. The average Bonchev–Trinajstić information content (AvgIpc) is 2.28. The summed E-state index contributed by atoms with van der Waals surface area (Å²) in [6.45, 7) is 3.26. The zero-order valence-corrected chi connectivity index (χ0v) is 8.84. The van der Waals surface area contributed by atoms with Crippen LogP contribution in [0.4, 0.5) is 0 Å². The van der Waals surface area contributed by atoms with Crippen molar-refractivity contribution in [2.24, 2.45) is 0 Å². The van der Waals surface area contributed by atoms with E-state index >= 15 is 0 Å². The van der Waals surface area contributed by atoms with Gasteiger partial charge < -0.3 is 14.6 Å². The molecule has 1 rings (SSSR count). The fraction of sp³-hybridized carbons (Fsp3) is 0.0833. The van der Waals surface area contributed by atoms with E-state index in [1.54, 1.807) is 18.2 Å². The van der Waals surface area contributed by atoms with E-state index in [9.17, 15) is 9.90 Å². The largest absolute Gasteiger partial charge is 0.504 e. The molecule has 0 atom stereocenters. The Balaban J connectivity index is 2.81. The Morgan fingerprint density at radius 2 is 2.25 bits per heavy atom. The molecular formula is C12H12O4. The van der Waals surface area contributed by atoms with Gasteiger partial charge >= 0.3 is 5.97 Å². The van der Waals surface area contributed by atoms with Gasteiger partial charge in [-0.2, -0.15) is 0 Å². The molecule has 0 aliphatic heterocycles. The lowest BCUT2D eigenvalue weighted by Gasteiger charge is -2.03. The highest BCUT2D eigenvalue weighted by Gasteiger charge is 2.01. The number of rotatable bonds is 4. The molecule has 0 bridgehead atoms. The van der Waals surface area contributed by atoms with E-state index in [1.807, 2.05) is 0 Å². The number of aromatic hydroxyl groups is 1. The lowest BCUT2D eigenvalue weighted by Crippen LogP contribution is -1.92. The number of hydrogen-bond acceptors (Lipinski definition) is 4. The van der Waals surface area contributed by atoms with E-state index in [4.69, 9.17) is 4.74 Å². The number of phenols is 1. The number of carbonyl (C=O) groups excluding carboxylic acids is 1. The highest BCUT2D eigenvalue weighted by Crippen LogP contribution is 2.26. The molecule has 1 aromatic carbocycles. The molecular weight excluding hydrogens is 208 g/mol. The maximum absolute atomic E-state index is 11.0. The first-order valence-electron chi connectivity index (χ1n) is 4.54. The van der Waals surface area contributed by atoms with Crippen molar-refractivity contribution >= 4 is 12.0 Å². The summed E-state index contributed by atoms with van der Waals surface area (Å²) in [6.07, 6.45) is 3.87. The molecule has 0 heterocycles. The maximum atomic E-state index is 11.0. The van der Waals surface area contributed by atoms with Gasteiger partial charge in [-0.05, 0) is 23.8 Å². The van der Waals surface area contributed by atoms with E-state index < -0.39 is 5.97 Å². The Hall–Kier alpha value is -2.23. The minimum absolute atomic E-state index is 0.0494. The molecule has 16 heavy (non-hydrogen) atoms. The van der Waals surface area contributed by atoms with E-state index in [2.05, 4.69) is 11.3 Å². The van der Waals surface area contributed by atoms with Gasteiger partial charge in [-0.25, -0.2) is 4.79 Å². The van der Waals surface area contributed by atoms with Crippen molar-refractivity contribution in [2.75, 3.05) is 7.11 Å². The summed E-state index contributed by atoms with van der Waals surface area (Å²) in [5.41, 5.74) is 0.718. The second kappa shape index (κ2) is 5.60. The SMILES string of the molecule is C=COC(=O)C=Cc1ccc(O)c(OC)c1. The van der Waals surface area contributed by atoms with Gasteiger partial charge in [0.05, 0.1) is 13.4 Å². The van der Waals surface area contributed by atoms with Crippen LogP contribution in [0.1, 0.15) is 5.56 Å². The molecule has 0 aromatic heterocycles. The molecule has 0 unspecified atom stereocenters. The first-order chi connectivity index (χ1) is 7.67. The molecule has 0 amide bonds. The Bertz CT molecular complexity index is 421. The third kappa shape index (κ3) is 3.16. The topological polar surface area (TPSA) is 55.8 Å². The van der Waals surface area contributed by atoms with Gasteiger partial charge in [0.25, 0.3) is 0 Å². The number of benzene rings is 1. The van der Waals surface area contributed by atoms with Crippen LogP contribution in [0.3, 0.4) is 0 Å². The van der Waals surface area contributed by atoms with Gasteiger partial charge in [0.1, 0.15) is 0 Å². The third-order valence-corrected chi connectivity index (χ3v) is 1.82. The van der Waals surface area contributed by atoms with Gasteiger partial charge in [0, 0.05) is 6.08 Å². The Morgan fingerprint density at radius 1 is 1.50 bits per heavy atom. The average molecular weight is 220 g/mol. The van der Waals surface area contributed by atoms with Crippen LogP contribution in [0.5, 0.6) is 11.5 Å². The van der Waals surface area contributed by atoms with Crippen LogP contribution < -0.4 is 4.74 Å². The van der Waals surface area contributed by atoms with Crippen molar-refractivity contribution in [1.29, 1.82) is 0 Å². The molecule has 4 heteroatoms. The van der Waals surface area contributed by atoms with Gasteiger partial charge in [-0.1, -0.05) is 12.6 Å². The lowest BCUT2D eigenvalue weighted by molar-refractivity contribution is -0.132. The Labute approximate surface area is 93.4 Å². The van der Waals surface area contributed by atoms with Crippen LogP contribution in [0.2, 0.25) is 0 Å². The minimum atomic E-state index is -0.512. The molecule has 0 saturated heterocycles. The van der Waals surface area contributed by atoms with Crippen LogP contribution in [0.25, 0.3) is 6.08 Å². The third-order valence-electron chi connectivity index (χ3n) is 1.82. The number of esters is 1. The minimum Gasteiger partial charge on any atom is -0.504 e. The van der Waals surface area contributed by atoms with Crippen LogP contribution in [0, 0.1) is 0 Å². The molecule has 0 aliphatic carbocycles. The zero-order chi connectivity index (χ0) is 12.0. The van der Waals surface area contributed by atoms with E-state index in [0.717, 1.165) is 11.8 Å². The summed E-state index contributed by atoms with van der Waals surface area (Å²) in [7, 11) is 1.45. The summed E-state index contributed by atoms with van der Waals surface area (Å²) in [4.78, 5) is 11.0. The molecule has 1 N–H and O–H groups in total. The first kappa shape index (κ1) is 11.8. The van der Waals surface area contributed by atoms with Crippen molar-refractivity contribution < 1.29 is 19.4 Å². The summed E-state index contributed by atoms with van der Waals surface area (Å²) < 4.78 is 9.43. The number of methoxy groups -OCH3 is 1. The quantitative estimate of drug-likeness (QED) is 0.479. The van der Waals surface area contributed by atoms with Crippen LogP contribution in [-0.2, 0) is 9.53 Å². The van der Waals surface area contributed by atoms with E-state index in [-0.39, 0.29) is 5.75 Å². The Kier molecular flexibility index (Phi) is 4.15. The highest BCUT2D eigenvalue weighted by molar-refractivity contribution is 5.87. The van der Waals surface area contributed by atoms with Crippen molar-refractivity contribution in [3.63, 3.8) is 0 Å². The van der Waals surface area contributed by atoms with Crippen molar-refractivity contribution in [3.8, 4) is 11.5 Å². The number of ether oxygens (including phenoxy) is 2. The standard InChI is InChI=1S/C12H12O4/c1-3-16-12(14)7-5-9-4-6-10(13)11(8-9)15-2/h3-8,13H,1H2,2H3. The molecule has 0 aliphatic rings. The molecule has 0 saturated carbocycles. The second-order valence-electron chi connectivity index (χ2n) is 2.87. The monoisotopic (exact) mass is 220 g/mol. The zero-order valence-electron chi connectivity index (χ0n) is 8.84. The second-order valence-corrected chi connectivity index (χ2v) is 2.87. The van der Waals surface area contributed by atoms with E-state index in [1.165, 1.54) is 19.3 Å². The molecule has 0 fully saturated rings. The maximum Gasteiger partial charge on any atom is 0.335 e. The van der Waals surface area contributed by atoms with Crippen LogP contribution in [-0.4, -0.2) is 18.2 Å². The summed E-state index contributed by atoms with van der Waals surface area (Å²) in [5.74, 6) is -0.116. The van der Waals surface area contributed by atoms with Crippen LogP contribution >= 0.6 is 0 Å². The lowest BCUT2D eigenvalue weighted by atomic mass is 10.2. The van der Waals surface area contributed by atoms with Gasteiger partial charge in [-0.3, -0.25) is 0 Å². The fourth-order valence-corrected chi connectivity index (χ4v) is 1.08. The van der Waals surface area contributed by atoms with Gasteiger partial charge in [0.2, 0.25) is 0 Å². The molecule has 1 aromatic rings. The van der Waals surface area contributed by atoms with E-state index in [0.29, 0.717) is 5.75 Å². The normalized spacial score (nSPS) is 10.1. The van der Waals surface area contributed by atoms with Crippen molar-refractivity contribution in [2.45, 2.75) is 0 Å². The van der Waals surface area contributed by atoms with Gasteiger partial charge in [-0.15, -0.1) is 0 Å². The summed E-state index contributed by atoms with van der Waals surface area (Å²) >= 11 is 0. The molecule has 0 radical (unpaired) electrons. The highest BCUT2D eigenvalue weighted by atomic mass is 16.5. The smallest absolute Gasteiger partial charge is 0.335 e. The first-order valence-corrected chi connectivity index (χ1v) is 4.54. The molecule has 0 spiro atoms. The Morgan fingerprint density at radius 3 is 2.88 bits per heavy atom. The number of hydrogen-bond donors (Lipinski definition) is 1. The number of carbonyl (C=O) groups is 1. The predicted molar refractivity (Wildman–Crippen MR) is 60.0 cm³/mol.